The van der Waals surface area contributed by atoms with Crippen LogP contribution in [0.4, 0.5) is 17.6 Å². The molecule has 142 valence electrons. The van der Waals surface area contributed by atoms with Crippen LogP contribution in [0.3, 0.4) is 0 Å². The molecule has 0 radical (unpaired) electrons. The van der Waals surface area contributed by atoms with Gasteiger partial charge in [-0.25, -0.2) is 0 Å². The van der Waals surface area contributed by atoms with Crippen LogP contribution in [0.25, 0.3) is 0 Å². The lowest BCUT2D eigenvalue weighted by Crippen LogP contribution is -2.44. The molecular weight excluding hydrogens is 320 g/mol. The maximum Gasteiger partial charge on any atom is 0.335 e. The minimum absolute atomic E-state index is 0.140. The zero-order valence-corrected chi connectivity index (χ0v) is 15.8. The second-order valence-corrected chi connectivity index (χ2v) is 7.27. The standard InChI is InChI=1S/C19H32F4O/c1-12(2)18(20,21)19(22,23)17(8)15(6)10-9-14(5)16(7)11-24-13(3)4/h13-16H,1,8-11H2,2-7H3. The molecule has 0 spiro atoms. The Morgan fingerprint density at radius 1 is 0.875 bits per heavy atom. The van der Waals surface area contributed by atoms with Crippen LogP contribution in [0, 0.1) is 17.8 Å². The van der Waals surface area contributed by atoms with E-state index in [1.165, 1.54) is 6.92 Å². The average Bonchev–Trinajstić information content (AvgIpc) is 2.48. The van der Waals surface area contributed by atoms with Crippen molar-refractivity contribution >= 4 is 0 Å². The van der Waals surface area contributed by atoms with Gasteiger partial charge in [0.1, 0.15) is 0 Å². The molecule has 0 fully saturated rings. The van der Waals surface area contributed by atoms with Crippen molar-refractivity contribution in [2.75, 3.05) is 6.61 Å². The minimum Gasteiger partial charge on any atom is -0.379 e. The molecule has 24 heavy (non-hydrogen) atoms. The van der Waals surface area contributed by atoms with E-state index in [2.05, 4.69) is 13.2 Å². The van der Waals surface area contributed by atoms with E-state index in [0.29, 0.717) is 19.4 Å². The Kier molecular flexibility index (Phi) is 8.71. The van der Waals surface area contributed by atoms with Crippen LogP contribution < -0.4 is 0 Å². The van der Waals surface area contributed by atoms with E-state index in [9.17, 15) is 17.6 Å². The van der Waals surface area contributed by atoms with Crippen LogP contribution in [0.2, 0.25) is 0 Å². The molecule has 0 heterocycles. The number of ether oxygens (including phenoxy) is 1. The van der Waals surface area contributed by atoms with Crippen LogP contribution in [0.5, 0.6) is 0 Å². The second-order valence-electron chi connectivity index (χ2n) is 7.27. The van der Waals surface area contributed by atoms with Crippen molar-refractivity contribution in [1.29, 1.82) is 0 Å². The van der Waals surface area contributed by atoms with E-state index < -0.39 is 28.9 Å². The van der Waals surface area contributed by atoms with E-state index in [1.807, 2.05) is 27.7 Å². The first-order valence-corrected chi connectivity index (χ1v) is 8.47. The molecule has 0 aromatic rings. The number of halogens is 4. The van der Waals surface area contributed by atoms with Crippen LogP contribution >= 0.6 is 0 Å². The summed E-state index contributed by atoms with van der Waals surface area (Å²) in [5.74, 6) is -8.75. The number of hydrogen-bond acceptors (Lipinski definition) is 1. The van der Waals surface area contributed by atoms with Gasteiger partial charge in [0.2, 0.25) is 0 Å². The van der Waals surface area contributed by atoms with Gasteiger partial charge < -0.3 is 4.74 Å². The van der Waals surface area contributed by atoms with Gasteiger partial charge in [0, 0.05) is 12.2 Å². The molecule has 0 saturated heterocycles. The Hall–Kier alpha value is -0.840. The Morgan fingerprint density at radius 3 is 1.79 bits per heavy atom. The Bertz CT molecular complexity index is 429. The first kappa shape index (κ1) is 23.2. The average molecular weight is 352 g/mol. The monoisotopic (exact) mass is 352 g/mol. The lowest BCUT2D eigenvalue weighted by molar-refractivity contribution is -0.164. The number of allylic oxidation sites excluding steroid dienone is 2. The third-order valence-corrected chi connectivity index (χ3v) is 4.65. The Labute approximate surface area is 144 Å². The van der Waals surface area contributed by atoms with Gasteiger partial charge in [0.25, 0.3) is 0 Å². The van der Waals surface area contributed by atoms with Gasteiger partial charge in [0.15, 0.2) is 0 Å². The van der Waals surface area contributed by atoms with E-state index in [-0.39, 0.29) is 17.9 Å². The smallest absolute Gasteiger partial charge is 0.335 e. The van der Waals surface area contributed by atoms with Gasteiger partial charge in [-0.3, -0.25) is 0 Å². The third-order valence-electron chi connectivity index (χ3n) is 4.65. The summed E-state index contributed by atoms with van der Waals surface area (Å²) in [6, 6.07) is 0. The highest BCUT2D eigenvalue weighted by molar-refractivity contribution is 5.24. The van der Waals surface area contributed by atoms with Crippen molar-refractivity contribution in [1.82, 2.24) is 0 Å². The van der Waals surface area contributed by atoms with Crippen molar-refractivity contribution < 1.29 is 22.3 Å². The summed E-state index contributed by atoms with van der Waals surface area (Å²) in [5.41, 5.74) is -1.58. The lowest BCUT2D eigenvalue weighted by Gasteiger charge is -2.32. The molecule has 1 nitrogen and oxygen atoms in total. The maximum absolute atomic E-state index is 14.1. The van der Waals surface area contributed by atoms with Crippen molar-refractivity contribution in [3.8, 4) is 0 Å². The van der Waals surface area contributed by atoms with Crippen molar-refractivity contribution in [2.45, 2.75) is 72.3 Å². The molecule has 0 rings (SSSR count). The Morgan fingerprint density at radius 2 is 1.38 bits per heavy atom. The molecule has 3 unspecified atom stereocenters. The summed E-state index contributed by atoms with van der Waals surface area (Å²) in [7, 11) is 0. The first-order chi connectivity index (χ1) is 10.7. The maximum atomic E-state index is 14.1. The molecule has 0 aliphatic carbocycles. The summed E-state index contributed by atoms with van der Waals surface area (Å²) in [5, 5.41) is 0. The topological polar surface area (TPSA) is 9.23 Å². The zero-order valence-electron chi connectivity index (χ0n) is 15.8. The summed E-state index contributed by atoms with van der Waals surface area (Å²) >= 11 is 0. The van der Waals surface area contributed by atoms with E-state index in [1.54, 1.807) is 0 Å². The fourth-order valence-corrected chi connectivity index (χ4v) is 2.26. The highest BCUT2D eigenvalue weighted by atomic mass is 19.3. The largest absolute Gasteiger partial charge is 0.379 e. The number of rotatable bonds is 11. The normalized spacial score (nSPS) is 16.8. The van der Waals surface area contributed by atoms with Crippen LogP contribution in [0.1, 0.15) is 54.4 Å². The first-order valence-electron chi connectivity index (χ1n) is 8.47. The molecule has 0 amide bonds. The van der Waals surface area contributed by atoms with Gasteiger partial charge in [-0.15, -0.1) is 0 Å². The predicted molar refractivity (Wildman–Crippen MR) is 91.7 cm³/mol. The van der Waals surface area contributed by atoms with Crippen molar-refractivity contribution in [3.63, 3.8) is 0 Å². The van der Waals surface area contributed by atoms with E-state index in [4.69, 9.17) is 4.74 Å². The lowest BCUT2D eigenvalue weighted by atomic mass is 9.83. The van der Waals surface area contributed by atoms with Crippen LogP contribution in [-0.2, 0) is 4.74 Å². The molecule has 0 bridgehead atoms. The van der Waals surface area contributed by atoms with Gasteiger partial charge >= 0.3 is 11.8 Å². The molecular formula is C19H32F4O. The molecule has 0 aliphatic heterocycles. The zero-order chi connectivity index (χ0) is 19.3. The minimum atomic E-state index is -4.28. The summed E-state index contributed by atoms with van der Waals surface area (Å²) in [6.07, 6.45) is 1.17. The predicted octanol–water partition coefficient (Wildman–Crippen LogP) is 6.50. The second kappa shape index (κ2) is 9.02. The molecule has 0 aliphatic rings. The highest BCUT2D eigenvalue weighted by Gasteiger charge is 2.59. The van der Waals surface area contributed by atoms with Crippen molar-refractivity contribution in [2.24, 2.45) is 17.8 Å². The van der Waals surface area contributed by atoms with Gasteiger partial charge in [-0.2, -0.15) is 17.6 Å². The van der Waals surface area contributed by atoms with Crippen molar-refractivity contribution in [3.05, 3.63) is 24.3 Å². The SMILES string of the molecule is C=C(C)C(F)(F)C(F)(F)C(=C)C(C)CCC(C)C(C)COC(C)C. The van der Waals surface area contributed by atoms with Crippen LogP contribution in [-0.4, -0.2) is 24.6 Å². The molecule has 0 saturated carbocycles. The molecule has 0 aromatic carbocycles. The van der Waals surface area contributed by atoms with E-state index in [0.717, 1.165) is 6.92 Å². The molecule has 3 atom stereocenters. The quantitative estimate of drug-likeness (QED) is 0.304. The molecule has 5 heteroatoms. The Balaban J connectivity index is 4.69. The van der Waals surface area contributed by atoms with Gasteiger partial charge in [0.05, 0.1) is 6.10 Å². The summed E-state index contributed by atoms with van der Waals surface area (Å²) in [6.45, 7) is 17.2. The van der Waals surface area contributed by atoms with E-state index >= 15 is 0 Å². The van der Waals surface area contributed by atoms with Gasteiger partial charge in [-0.1, -0.05) is 33.9 Å². The molecule has 0 N–H and O–H groups in total. The number of hydrogen-bond donors (Lipinski definition) is 0. The fraction of sp³-hybridized carbons (Fsp3) is 0.789. The van der Waals surface area contributed by atoms with Crippen LogP contribution in [0.15, 0.2) is 24.3 Å². The third kappa shape index (κ3) is 5.91. The number of alkyl halides is 4. The summed E-state index contributed by atoms with van der Waals surface area (Å²) in [4.78, 5) is 0. The molecule has 0 aromatic heterocycles. The fourth-order valence-electron chi connectivity index (χ4n) is 2.26. The highest BCUT2D eigenvalue weighted by Crippen LogP contribution is 2.46. The summed E-state index contributed by atoms with van der Waals surface area (Å²) < 4.78 is 61.1. The van der Waals surface area contributed by atoms with Gasteiger partial charge in [-0.05, 0) is 56.9 Å².